The first kappa shape index (κ1) is 17.2. The highest BCUT2D eigenvalue weighted by Gasteiger charge is 2.23. The summed E-state index contributed by atoms with van der Waals surface area (Å²) < 4.78 is 0. The summed E-state index contributed by atoms with van der Waals surface area (Å²) in [6.07, 6.45) is 0.745. The van der Waals surface area contributed by atoms with Gasteiger partial charge in [-0.1, -0.05) is 50.1 Å². The van der Waals surface area contributed by atoms with Crippen LogP contribution in [-0.4, -0.2) is 29.6 Å². The third-order valence-corrected chi connectivity index (χ3v) is 3.53. The topological polar surface area (TPSA) is 78.4 Å². The van der Waals surface area contributed by atoms with Crippen LogP contribution in [0.2, 0.25) is 0 Å². The van der Waals surface area contributed by atoms with Gasteiger partial charge < -0.3 is 10.4 Å². The predicted molar refractivity (Wildman–Crippen MR) is 81.9 cm³/mol. The summed E-state index contributed by atoms with van der Waals surface area (Å²) in [4.78, 5) is 22.9. The second kappa shape index (κ2) is 8.42. The Morgan fingerprint density at radius 3 is 2.62 bits per heavy atom. The molecule has 0 aliphatic heterocycles. The Bertz CT molecular complexity index is 488. The fourth-order valence-corrected chi connectivity index (χ4v) is 2.06. The van der Waals surface area contributed by atoms with Gasteiger partial charge in [-0.15, -0.1) is 0 Å². The van der Waals surface area contributed by atoms with E-state index in [1.54, 1.807) is 0 Å². The Labute approximate surface area is 125 Å². The summed E-state index contributed by atoms with van der Waals surface area (Å²) in [5, 5.41) is 14.7. The van der Waals surface area contributed by atoms with Crippen molar-refractivity contribution in [2.75, 3.05) is 6.54 Å². The molecule has 0 unspecified atom stereocenters. The van der Waals surface area contributed by atoms with Gasteiger partial charge >= 0.3 is 5.97 Å². The first-order valence-corrected chi connectivity index (χ1v) is 7.22. The van der Waals surface area contributed by atoms with Crippen LogP contribution in [0.3, 0.4) is 0 Å². The lowest BCUT2D eigenvalue weighted by Gasteiger charge is -2.19. The molecule has 1 rings (SSSR count). The van der Waals surface area contributed by atoms with Crippen LogP contribution in [-0.2, 0) is 16.1 Å². The Morgan fingerprint density at radius 1 is 1.33 bits per heavy atom. The molecule has 0 aromatic heterocycles. The van der Waals surface area contributed by atoms with E-state index in [2.05, 4.69) is 10.6 Å². The molecule has 0 heterocycles. The van der Waals surface area contributed by atoms with E-state index in [9.17, 15) is 9.59 Å². The lowest BCUT2D eigenvalue weighted by atomic mass is 9.99. The van der Waals surface area contributed by atoms with Crippen LogP contribution in [0, 0.1) is 12.8 Å². The molecular formula is C16H24N2O3. The highest BCUT2D eigenvalue weighted by Crippen LogP contribution is 2.07. The predicted octanol–water partition coefficient (Wildman–Crippen LogP) is 1.70. The molecule has 0 spiro atoms. The van der Waals surface area contributed by atoms with Crippen molar-refractivity contribution in [1.29, 1.82) is 0 Å². The minimum absolute atomic E-state index is 0.00707. The highest BCUT2D eigenvalue weighted by molar-refractivity contribution is 5.80. The standard InChI is InChI=1S/C16H24N2O3/c1-4-12(3)15(16(20)21)18-10-14(19)17-9-13-7-5-6-11(2)8-13/h5-8,12,15,18H,4,9-10H2,1-3H3,(H,17,19)(H,20,21)/t12-,15-/m0/s1. The number of nitrogens with one attached hydrogen (secondary N) is 2. The van der Waals surface area contributed by atoms with Gasteiger partial charge in [0.2, 0.25) is 5.91 Å². The molecule has 0 aliphatic carbocycles. The number of rotatable bonds is 8. The van der Waals surface area contributed by atoms with Crippen molar-refractivity contribution in [3.8, 4) is 0 Å². The van der Waals surface area contributed by atoms with Gasteiger partial charge in [0.25, 0.3) is 0 Å². The molecule has 0 saturated carbocycles. The molecule has 1 amide bonds. The van der Waals surface area contributed by atoms with Gasteiger partial charge in [-0.3, -0.25) is 14.9 Å². The maximum Gasteiger partial charge on any atom is 0.320 e. The fraction of sp³-hybridized carbons (Fsp3) is 0.500. The van der Waals surface area contributed by atoms with Crippen molar-refractivity contribution >= 4 is 11.9 Å². The molecular weight excluding hydrogens is 268 g/mol. The fourth-order valence-electron chi connectivity index (χ4n) is 2.06. The van der Waals surface area contributed by atoms with Gasteiger partial charge in [-0.05, 0) is 18.4 Å². The van der Waals surface area contributed by atoms with E-state index in [-0.39, 0.29) is 18.4 Å². The van der Waals surface area contributed by atoms with Gasteiger partial charge in [-0.25, -0.2) is 0 Å². The van der Waals surface area contributed by atoms with Crippen molar-refractivity contribution < 1.29 is 14.7 Å². The van der Waals surface area contributed by atoms with E-state index < -0.39 is 12.0 Å². The molecule has 0 fully saturated rings. The zero-order valence-electron chi connectivity index (χ0n) is 12.8. The van der Waals surface area contributed by atoms with Crippen LogP contribution in [0.4, 0.5) is 0 Å². The number of amides is 1. The van der Waals surface area contributed by atoms with Crippen LogP contribution < -0.4 is 10.6 Å². The number of carbonyl (C=O) groups is 2. The molecule has 0 saturated heterocycles. The third-order valence-electron chi connectivity index (χ3n) is 3.53. The lowest BCUT2D eigenvalue weighted by molar-refractivity contribution is -0.140. The minimum Gasteiger partial charge on any atom is -0.480 e. The third kappa shape index (κ3) is 5.95. The second-order valence-electron chi connectivity index (χ2n) is 5.35. The van der Waals surface area contributed by atoms with Crippen LogP contribution in [0.1, 0.15) is 31.4 Å². The van der Waals surface area contributed by atoms with E-state index in [1.807, 2.05) is 45.0 Å². The van der Waals surface area contributed by atoms with Crippen LogP contribution >= 0.6 is 0 Å². The van der Waals surface area contributed by atoms with Crippen LogP contribution in [0.25, 0.3) is 0 Å². The number of aryl methyl sites for hydroxylation is 1. The average molecular weight is 292 g/mol. The van der Waals surface area contributed by atoms with Gasteiger partial charge in [0.1, 0.15) is 6.04 Å². The molecule has 2 atom stereocenters. The first-order valence-electron chi connectivity index (χ1n) is 7.22. The van der Waals surface area contributed by atoms with E-state index in [0.29, 0.717) is 6.54 Å². The summed E-state index contributed by atoms with van der Waals surface area (Å²) in [6, 6.07) is 7.20. The number of carboxylic acid groups (broad SMARTS) is 1. The zero-order chi connectivity index (χ0) is 15.8. The van der Waals surface area contributed by atoms with Gasteiger partial charge in [0.05, 0.1) is 6.54 Å². The summed E-state index contributed by atoms with van der Waals surface area (Å²) in [7, 11) is 0. The molecule has 5 nitrogen and oxygen atoms in total. The van der Waals surface area contributed by atoms with Crippen LogP contribution in [0.15, 0.2) is 24.3 Å². The Hall–Kier alpha value is -1.88. The van der Waals surface area contributed by atoms with Gasteiger partial charge in [0, 0.05) is 6.54 Å². The summed E-state index contributed by atoms with van der Waals surface area (Å²) in [5.41, 5.74) is 2.17. The SMILES string of the molecule is CC[C@H](C)[C@H](NCC(=O)NCc1cccc(C)c1)C(=O)O. The maximum atomic E-state index is 11.8. The first-order chi connectivity index (χ1) is 9.93. The number of carboxylic acids is 1. The highest BCUT2D eigenvalue weighted by atomic mass is 16.4. The summed E-state index contributed by atoms with van der Waals surface area (Å²) in [6.45, 7) is 6.24. The Morgan fingerprint density at radius 2 is 2.05 bits per heavy atom. The van der Waals surface area contributed by atoms with Gasteiger partial charge in [0.15, 0.2) is 0 Å². The minimum atomic E-state index is -0.921. The normalized spacial score (nSPS) is 13.5. The molecule has 116 valence electrons. The van der Waals surface area contributed by atoms with E-state index in [4.69, 9.17) is 5.11 Å². The van der Waals surface area contributed by atoms with E-state index in [0.717, 1.165) is 17.5 Å². The molecule has 5 heteroatoms. The zero-order valence-corrected chi connectivity index (χ0v) is 12.8. The summed E-state index contributed by atoms with van der Waals surface area (Å²) in [5.74, 6) is -1.14. The van der Waals surface area contributed by atoms with Crippen molar-refractivity contribution in [2.45, 2.75) is 39.8 Å². The maximum absolute atomic E-state index is 11.8. The molecule has 0 aliphatic rings. The number of carbonyl (C=O) groups excluding carboxylic acids is 1. The smallest absolute Gasteiger partial charge is 0.320 e. The van der Waals surface area contributed by atoms with Crippen molar-refractivity contribution in [1.82, 2.24) is 10.6 Å². The molecule has 3 N–H and O–H groups in total. The molecule has 0 radical (unpaired) electrons. The van der Waals surface area contributed by atoms with Crippen molar-refractivity contribution in [3.05, 3.63) is 35.4 Å². The summed E-state index contributed by atoms with van der Waals surface area (Å²) >= 11 is 0. The quantitative estimate of drug-likeness (QED) is 0.681. The largest absolute Gasteiger partial charge is 0.480 e. The second-order valence-corrected chi connectivity index (χ2v) is 5.35. The number of aliphatic carboxylic acids is 1. The Balaban J connectivity index is 2.41. The molecule has 1 aromatic carbocycles. The van der Waals surface area contributed by atoms with Gasteiger partial charge in [-0.2, -0.15) is 0 Å². The number of benzene rings is 1. The van der Waals surface area contributed by atoms with E-state index in [1.165, 1.54) is 0 Å². The molecule has 0 bridgehead atoms. The average Bonchev–Trinajstić information content (AvgIpc) is 2.44. The Kier molecular flexibility index (Phi) is 6.88. The lowest BCUT2D eigenvalue weighted by Crippen LogP contribution is -2.46. The number of hydrogen-bond acceptors (Lipinski definition) is 3. The van der Waals surface area contributed by atoms with Crippen molar-refractivity contribution in [3.63, 3.8) is 0 Å². The number of hydrogen-bond donors (Lipinski definition) is 3. The monoisotopic (exact) mass is 292 g/mol. The molecule has 21 heavy (non-hydrogen) atoms. The van der Waals surface area contributed by atoms with E-state index >= 15 is 0 Å². The van der Waals surface area contributed by atoms with Crippen LogP contribution in [0.5, 0.6) is 0 Å². The van der Waals surface area contributed by atoms with Crippen molar-refractivity contribution in [2.24, 2.45) is 5.92 Å². The molecule has 1 aromatic rings.